The number of hydrogen-bond donors (Lipinski definition) is 0. The summed E-state index contributed by atoms with van der Waals surface area (Å²) < 4.78 is 0. The lowest BCUT2D eigenvalue weighted by atomic mass is 10.2. The van der Waals surface area contributed by atoms with E-state index in [-0.39, 0.29) is 12.5 Å². The summed E-state index contributed by atoms with van der Waals surface area (Å²) in [6.45, 7) is 1.79. The van der Waals surface area contributed by atoms with E-state index in [0.29, 0.717) is 0 Å². The van der Waals surface area contributed by atoms with Crippen molar-refractivity contribution in [2.24, 2.45) is 0 Å². The van der Waals surface area contributed by atoms with Gasteiger partial charge in [-0.25, -0.2) is 0 Å². The van der Waals surface area contributed by atoms with Gasteiger partial charge >= 0.3 is 0 Å². The highest BCUT2D eigenvalue weighted by molar-refractivity contribution is 5.82. The summed E-state index contributed by atoms with van der Waals surface area (Å²) in [5.74, 6) is 0.0484. The average Bonchev–Trinajstić information content (AvgIpc) is 2.74. The van der Waals surface area contributed by atoms with Crippen LogP contribution in [0, 0.1) is 11.5 Å². The van der Waals surface area contributed by atoms with Crippen LogP contribution in [0.5, 0.6) is 0 Å². The standard InChI is InChI=1S/C15H19N3O/c16-13-18(14-8-4-3-5-9-14)12-15(19)17-10-6-1-2-7-11-17/h3-5,8-9H,1-2,6-7,10-12H2. The molecule has 1 aromatic rings. The van der Waals surface area contributed by atoms with Gasteiger partial charge in [0, 0.05) is 13.1 Å². The molecule has 0 N–H and O–H groups in total. The minimum atomic E-state index is 0.0484. The van der Waals surface area contributed by atoms with Gasteiger partial charge in [-0.2, -0.15) is 5.26 Å². The van der Waals surface area contributed by atoms with Gasteiger partial charge in [0.15, 0.2) is 6.19 Å². The van der Waals surface area contributed by atoms with Crippen molar-refractivity contribution in [2.75, 3.05) is 24.5 Å². The van der Waals surface area contributed by atoms with E-state index in [4.69, 9.17) is 0 Å². The predicted molar refractivity (Wildman–Crippen MR) is 74.4 cm³/mol. The molecular weight excluding hydrogens is 238 g/mol. The largest absolute Gasteiger partial charge is 0.341 e. The summed E-state index contributed by atoms with van der Waals surface area (Å²) in [6.07, 6.45) is 6.63. The maximum absolute atomic E-state index is 12.2. The summed E-state index contributed by atoms with van der Waals surface area (Å²) in [5, 5.41) is 9.19. The summed E-state index contributed by atoms with van der Waals surface area (Å²) in [5.41, 5.74) is 0.771. The SMILES string of the molecule is N#CN(CC(=O)N1CCCCCC1)c1ccccc1. The van der Waals surface area contributed by atoms with Crippen LogP contribution in [0.15, 0.2) is 30.3 Å². The lowest BCUT2D eigenvalue weighted by Gasteiger charge is -2.23. The predicted octanol–water partition coefficient (Wildman–Crippen LogP) is 2.38. The minimum absolute atomic E-state index is 0.0484. The maximum Gasteiger partial charge on any atom is 0.243 e. The van der Waals surface area contributed by atoms with Gasteiger partial charge in [-0.1, -0.05) is 31.0 Å². The summed E-state index contributed by atoms with van der Waals surface area (Å²) >= 11 is 0. The zero-order valence-electron chi connectivity index (χ0n) is 11.1. The molecule has 0 aliphatic carbocycles. The fraction of sp³-hybridized carbons (Fsp3) is 0.467. The van der Waals surface area contributed by atoms with Crippen molar-refractivity contribution >= 4 is 11.6 Å². The Labute approximate surface area is 114 Å². The first-order valence-corrected chi connectivity index (χ1v) is 6.81. The minimum Gasteiger partial charge on any atom is -0.341 e. The number of rotatable bonds is 3. The Balaban J connectivity index is 1.98. The highest BCUT2D eigenvalue weighted by atomic mass is 16.2. The Hall–Kier alpha value is -2.02. The van der Waals surface area contributed by atoms with Gasteiger partial charge in [0.05, 0.1) is 5.69 Å². The fourth-order valence-electron chi connectivity index (χ4n) is 2.35. The molecule has 1 aliphatic heterocycles. The van der Waals surface area contributed by atoms with E-state index in [1.54, 1.807) is 0 Å². The third kappa shape index (κ3) is 3.72. The van der Waals surface area contributed by atoms with Crippen LogP contribution in [0.3, 0.4) is 0 Å². The molecule has 0 atom stereocenters. The third-order valence-electron chi connectivity index (χ3n) is 3.44. The maximum atomic E-state index is 12.2. The normalized spacial score (nSPS) is 15.4. The van der Waals surface area contributed by atoms with Gasteiger partial charge in [-0.05, 0) is 25.0 Å². The Bertz CT molecular complexity index is 444. The lowest BCUT2D eigenvalue weighted by Crippen LogP contribution is -2.39. The number of para-hydroxylation sites is 1. The molecule has 0 saturated carbocycles. The second-order valence-electron chi connectivity index (χ2n) is 4.82. The van der Waals surface area contributed by atoms with Crippen LogP contribution in [-0.2, 0) is 4.79 Å². The molecule has 1 aliphatic rings. The van der Waals surface area contributed by atoms with E-state index in [9.17, 15) is 10.1 Å². The number of nitriles is 1. The van der Waals surface area contributed by atoms with Gasteiger partial charge < -0.3 is 4.90 Å². The van der Waals surface area contributed by atoms with Crippen molar-refractivity contribution in [2.45, 2.75) is 25.7 Å². The molecule has 1 heterocycles. The molecular formula is C15H19N3O. The summed E-state index contributed by atoms with van der Waals surface area (Å²) in [4.78, 5) is 15.6. The molecule has 19 heavy (non-hydrogen) atoms. The van der Waals surface area contributed by atoms with Gasteiger partial charge in [-0.3, -0.25) is 9.69 Å². The summed E-state index contributed by atoms with van der Waals surface area (Å²) in [6, 6.07) is 9.33. The first-order chi connectivity index (χ1) is 9.31. The third-order valence-corrected chi connectivity index (χ3v) is 3.44. The Kier molecular flexibility index (Phi) is 4.79. The summed E-state index contributed by atoms with van der Waals surface area (Å²) in [7, 11) is 0. The van der Waals surface area contributed by atoms with E-state index >= 15 is 0 Å². The molecule has 1 saturated heterocycles. The Morgan fingerprint density at radius 1 is 1.16 bits per heavy atom. The number of nitrogens with zero attached hydrogens (tertiary/aromatic N) is 3. The molecule has 0 unspecified atom stereocenters. The smallest absolute Gasteiger partial charge is 0.243 e. The number of carbonyl (C=O) groups is 1. The highest BCUT2D eigenvalue weighted by Gasteiger charge is 2.18. The van der Waals surface area contributed by atoms with Crippen molar-refractivity contribution < 1.29 is 4.79 Å². The van der Waals surface area contributed by atoms with Crippen molar-refractivity contribution in [3.8, 4) is 6.19 Å². The first kappa shape index (κ1) is 13.4. The quantitative estimate of drug-likeness (QED) is 0.617. The Morgan fingerprint density at radius 2 is 1.79 bits per heavy atom. The molecule has 4 nitrogen and oxygen atoms in total. The van der Waals surface area contributed by atoms with E-state index in [2.05, 4.69) is 6.19 Å². The van der Waals surface area contributed by atoms with Gasteiger partial charge in [-0.15, -0.1) is 0 Å². The van der Waals surface area contributed by atoms with Gasteiger partial charge in [0.25, 0.3) is 0 Å². The van der Waals surface area contributed by atoms with Crippen LogP contribution in [0.25, 0.3) is 0 Å². The number of benzene rings is 1. The molecule has 4 heteroatoms. The number of likely N-dealkylation sites (tertiary alicyclic amines) is 1. The number of hydrogen-bond acceptors (Lipinski definition) is 3. The molecule has 0 spiro atoms. The molecule has 1 aromatic carbocycles. The highest BCUT2D eigenvalue weighted by Crippen LogP contribution is 2.14. The zero-order chi connectivity index (χ0) is 13.5. The van der Waals surface area contributed by atoms with Crippen LogP contribution >= 0.6 is 0 Å². The second-order valence-corrected chi connectivity index (χ2v) is 4.82. The van der Waals surface area contributed by atoms with E-state index in [1.807, 2.05) is 35.2 Å². The van der Waals surface area contributed by atoms with E-state index in [0.717, 1.165) is 31.6 Å². The van der Waals surface area contributed by atoms with Gasteiger partial charge in [0.2, 0.25) is 5.91 Å². The monoisotopic (exact) mass is 257 g/mol. The fourth-order valence-corrected chi connectivity index (χ4v) is 2.35. The van der Waals surface area contributed by atoms with Gasteiger partial charge in [0.1, 0.15) is 6.54 Å². The molecule has 1 amide bonds. The molecule has 0 aromatic heterocycles. The number of amides is 1. The van der Waals surface area contributed by atoms with Crippen LogP contribution in [-0.4, -0.2) is 30.4 Å². The molecule has 100 valence electrons. The average molecular weight is 257 g/mol. The van der Waals surface area contributed by atoms with Crippen molar-refractivity contribution in [3.05, 3.63) is 30.3 Å². The first-order valence-electron chi connectivity index (χ1n) is 6.81. The van der Waals surface area contributed by atoms with E-state index in [1.165, 1.54) is 17.7 Å². The Morgan fingerprint density at radius 3 is 2.37 bits per heavy atom. The van der Waals surface area contributed by atoms with Crippen molar-refractivity contribution in [1.29, 1.82) is 5.26 Å². The van der Waals surface area contributed by atoms with E-state index < -0.39 is 0 Å². The number of anilines is 1. The molecule has 0 radical (unpaired) electrons. The molecule has 2 rings (SSSR count). The van der Waals surface area contributed by atoms with Crippen molar-refractivity contribution in [3.63, 3.8) is 0 Å². The topological polar surface area (TPSA) is 47.3 Å². The second kappa shape index (κ2) is 6.79. The van der Waals surface area contributed by atoms with Crippen LogP contribution < -0.4 is 4.90 Å². The molecule has 0 bridgehead atoms. The van der Waals surface area contributed by atoms with Crippen molar-refractivity contribution in [1.82, 2.24) is 4.90 Å². The number of carbonyl (C=O) groups excluding carboxylic acids is 1. The van der Waals surface area contributed by atoms with Crippen LogP contribution in [0.1, 0.15) is 25.7 Å². The lowest BCUT2D eigenvalue weighted by molar-refractivity contribution is -0.129. The molecule has 1 fully saturated rings. The van der Waals surface area contributed by atoms with Crippen LogP contribution in [0.2, 0.25) is 0 Å². The zero-order valence-corrected chi connectivity index (χ0v) is 11.1. The van der Waals surface area contributed by atoms with Crippen LogP contribution in [0.4, 0.5) is 5.69 Å².